The van der Waals surface area contributed by atoms with Crippen molar-refractivity contribution in [2.75, 3.05) is 26.3 Å². The van der Waals surface area contributed by atoms with Gasteiger partial charge in [-0.15, -0.1) is 0 Å². The van der Waals surface area contributed by atoms with Gasteiger partial charge in [-0.2, -0.15) is 0 Å². The van der Waals surface area contributed by atoms with Crippen LogP contribution in [0.5, 0.6) is 0 Å². The van der Waals surface area contributed by atoms with Crippen molar-refractivity contribution < 1.29 is 9.53 Å². The van der Waals surface area contributed by atoms with E-state index in [0.29, 0.717) is 18.9 Å². The third-order valence-electron chi connectivity index (χ3n) is 4.43. The predicted molar refractivity (Wildman–Crippen MR) is 71.1 cm³/mol. The number of likely N-dealkylation sites (tertiary alicyclic amines) is 1. The first kappa shape index (κ1) is 13.8. The number of ether oxygens (including phenoxy) is 1. The number of nitrogens with zero attached hydrogens (tertiary/aromatic N) is 1. The van der Waals surface area contributed by atoms with Crippen molar-refractivity contribution in [3.8, 4) is 0 Å². The number of hydrogen-bond acceptors (Lipinski definition) is 3. The van der Waals surface area contributed by atoms with Crippen molar-refractivity contribution in [2.24, 2.45) is 17.1 Å². The second-order valence-electron chi connectivity index (χ2n) is 6.54. The minimum atomic E-state index is 0.0673. The number of nitrogens with two attached hydrogens (primary N) is 1. The van der Waals surface area contributed by atoms with E-state index in [9.17, 15) is 4.79 Å². The molecule has 0 radical (unpaired) electrons. The molecule has 2 N–H and O–H groups in total. The number of carbonyl (C=O) groups is 1. The molecule has 0 aromatic heterocycles. The van der Waals surface area contributed by atoms with Gasteiger partial charge in [0.1, 0.15) is 0 Å². The number of amides is 1. The van der Waals surface area contributed by atoms with Gasteiger partial charge in [-0.1, -0.05) is 13.8 Å². The van der Waals surface area contributed by atoms with E-state index in [-0.39, 0.29) is 17.4 Å². The molecule has 0 bridgehead atoms. The van der Waals surface area contributed by atoms with Crippen molar-refractivity contribution in [2.45, 2.75) is 45.6 Å². The lowest BCUT2D eigenvalue weighted by Crippen LogP contribution is -2.45. The van der Waals surface area contributed by atoms with Gasteiger partial charge in [-0.05, 0) is 24.7 Å². The van der Waals surface area contributed by atoms with E-state index in [1.165, 1.54) is 0 Å². The molecule has 2 fully saturated rings. The van der Waals surface area contributed by atoms with E-state index in [2.05, 4.69) is 13.8 Å². The minimum Gasteiger partial charge on any atom is -0.381 e. The fourth-order valence-electron chi connectivity index (χ4n) is 2.78. The molecule has 2 rings (SSSR count). The molecule has 0 aromatic carbocycles. The van der Waals surface area contributed by atoms with Crippen molar-refractivity contribution in [3.05, 3.63) is 0 Å². The van der Waals surface area contributed by atoms with Crippen LogP contribution in [0, 0.1) is 11.3 Å². The first-order valence-corrected chi connectivity index (χ1v) is 7.09. The number of rotatable bonds is 3. The first-order valence-electron chi connectivity index (χ1n) is 7.09. The van der Waals surface area contributed by atoms with Crippen LogP contribution in [0.25, 0.3) is 0 Å². The van der Waals surface area contributed by atoms with Gasteiger partial charge < -0.3 is 15.4 Å². The highest BCUT2D eigenvalue weighted by molar-refractivity contribution is 5.76. The lowest BCUT2D eigenvalue weighted by Gasteiger charge is -2.28. The molecule has 18 heavy (non-hydrogen) atoms. The van der Waals surface area contributed by atoms with Crippen LogP contribution in [0.3, 0.4) is 0 Å². The van der Waals surface area contributed by atoms with Crippen molar-refractivity contribution >= 4 is 5.91 Å². The molecule has 2 atom stereocenters. The van der Waals surface area contributed by atoms with E-state index in [0.717, 1.165) is 39.0 Å². The molecule has 2 unspecified atom stereocenters. The average molecular weight is 254 g/mol. The third-order valence-corrected chi connectivity index (χ3v) is 4.43. The van der Waals surface area contributed by atoms with Gasteiger partial charge in [0.05, 0.1) is 6.61 Å². The van der Waals surface area contributed by atoms with Gasteiger partial charge in [-0.3, -0.25) is 4.79 Å². The van der Waals surface area contributed by atoms with Gasteiger partial charge in [0.25, 0.3) is 0 Å². The second kappa shape index (κ2) is 5.57. The van der Waals surface area contributed by atoms with Gasteiger partial charge in [0, 0.05) is 38.1 Å². The molecular formula is C14H26N2O2. The van der Waals surface area contributed by atoms with Crippen LogP contribution in [0.15, 0.2) is 0 Å². The van der Waals surface area contributed by atoms with Crippen LogP contribution in [-0.2, 0) is 9.53 Å². The second-order valence-corrected chi connectivity index (χ2v) is 6.54. The Bertz CT molecular complexity index is 298. The molecule has 2 saturated heterocycles. The Labute approximate surface area is 110 Å². The van der Waals surface area contributed by atoms with E-state index >= 15 is 0 Å². The summed E-state index contributed by atoms with van der Waals surface area (Å²) in [7, 11) is 0. The summed E-state index contributed by atoms with van der Waals surface area (Å²) in [5.41, 5.74) is 6.50. The Kier molecular flexibility index (Phi) is 4.28. The number of hydrogen-bond donors (Lipinski definition) is 1. The maximum atomic E-state index is 12.1. The van der Waals surface area contributed by atoms with Gasteiger partial charge in [0.2, 0.25) is 5.91 Å². The normalized spacial score (nSPS) is 30.3. The summed E-state index contributed by atoms with van der Waals surface area (Å²) in [5.74, 6) is 0.698. The molecule has 0 aliphatic carbocycles. The third kappa shape index (κ3) is 3.45. The molecule has 4 nitrogen and oxygen atoms in total. The SMILES string of the molecule is CC1(C)CCC(=O)N(CC(N)C2CCOC2)CC1. The molecule has 104 valence electrons. The molecule has 2 aliphatic rings. The molecule has 2 aliphatic heterocycles. The molecule has 0 aromatic rings. The fraction of sp³-hybridized carbons (Fsp3) is 0.929. The molecule has 4 heteroatoms. The highest BCUT2D eigenvalue weighted by Crippen LogP contribution is 2.30. The largest absolute Gasteiger partial charge is 0.381 e. The zero-order valence-corrected chi connectivity index (χ0v) is 11.7. The molecular weight excluding hydrogens is 228 g/mol. The maximum Gasteiger partial charge on any atom is 0.222 e. The van der Waals surface area contributed by atoms with E-state index in [4.69, 9.17) is 10.5 Å². The minimum absolute atomic E-state index is 0.0673. The lowest BCUT2D eigenvalue weighted by atomic mass is 9.85. The Morgan fingerprint density at radius 2 is 2.28 bits per heavy atom. The zero-order chi connectivity index (χ0) is 13.2. The maximum absolute atomic E-state index is 12.1. The summed E-state index contributed by atoms with van der Waals surface area (Å²) in [5, 5.41) is 0. The van der Waals surface area contributed by atoms with Crippen LogP contribution < -0.4 is 5.73 Å². The van der Waals surface area contributed by atoms with Gasteiger partial charge >= 0.3 is 0 Å². The zero-order valence-electron chi connectivity index (χ0n) is 11.7. The average Bonchev–Trinajstić information content (AvgIpc) is 2.81. The molecule has 0 spiro atoms. The summed E-state index contributed by atoms with van der Waals surface area (Å²) in [6, 6.07) is 0.0673. The molecule has 0 saturated carbocycles. The summed E-state index contributed by atoms with van der Waals surface area (Å²) >= 11 is 0. The highest BCUT2D eigenvalue weighted by Gasteiger charge is 2.30. The van der Waals surface area contributed by atoms with Crippen LogP contribution in [0.4, 0.5) is 0 Å². The summed E-state index contributed by atoms with van der Waals surface area (Å²) < 4.78 is 5.37. The summed E-state index contributed by atoms with van der Waals surface area (Å²) in [6.07, 6.45) is 3.77. The standard InChI is InChI=1S/C14H26N2O2/c1-14(2)5-3-13(17)16(7-6-14)9-12(15)11-4-8-18-10-11/h11-12H,3-10,15H2,1-2H3. The van der Waals surface area contributed by atoms with Crippen LogP contribution in [0.2, 0.25) is 0 Å². The van der Waals surface area contributed by atoms with E-state index in [1.807, 2.05) is 4.90 Å². The van der Waals surface area contributed by atoms with Crippen molar-refractivity contribution in [1.82, 2.24) is 4.90 Å². The smallest absolute Gasteiger partial charge is 0.222 e. The fourth-order valence-corrected chi connectivity index (χ4v) is 2.78. The van der Waals surface area contributed by atoms with Crippen LogP contribution >= 0.6 is 0 Å². The Morgan fingerprint density at radius 1 is 1.50 bits per heavy atom. The first-order chi connectivity index (χ1) is 8.48. The lowest BCUT2D eigenvalue weighted by molar-refractivity contribution is -0.131. The Balaban J connectivity index is 1.89. The van der Waals surface area contributed by atoms with E-state index < -0.39 is 0 Å². The monoisotopic (exact) mass is 254 g/mol. The van der Waals surface area contributed by atoms with Gasteiger partial charge in [0.15, 0.2) is 0 Å². The molecule has 2 heterocycles. The van der Waals surface area contributed by atoms with Crippen molar-refractivity contribution in [3.63, 3.8) is 0 Å². The van der Waals surface area contributed by atoms with E-state index in [1.54, 1.807) is 0 Å². The van der Waals surface area contributed by atoms with Crippen LogP contribution in [-0.4, -0.2) is 43.2 Å². The van der Waals surface area contributed by atoms with Gasteiger partial charge in [-0.25, -0.2) is 0 Å². The highest BCUT2D eigenvalue weighted by atomic mass is 16.5. The predicted octanol–water partition coefficient (Wildman–Crippen LogP) is 1.39. The summed E-state index contributed by atoms with van der Waals surface area (Å²) in [4.78, 5) is 14.1. The Morgan fingerprint density at radius 3 is 2.94 bits per heavy atom. The number of carbonyl (C=O) groups excluding carboxylic acids is 1. The van der Waals surface area contributed by atoms with Crippen LogP contribution in [0.1, 0.15) is 39.5 Å². The quantitative estimate of drug-likeness (QED) is 0.828. The molecule has 1 amide bonds. The topological polar surface area (TPSA) is 55.6 Å². The summed E-state index contributed by atoms with van der Waals surface area (Å²) in [6.45, 7) is 7.62. The van der Waals surface area contributed by atoms with Crippen molar-refractivity contribution in [1.29, 1.82) is 0 Å². The Hall–Kier alpha value is -0.610.